The highest BCUT2D eigenvalue weighted by Crippen LogP contribution is 2.19. The molecule has 0 saturated carbocycles. The minimum atomic E-state index is 0.406. The molecule has 2 heteroatoms. The number of ether oxygens (including phenoxy) is 1. The molecule has 2 N–H and O–H groups in total. The molecule has 1 saturated heterocycles. The minimum Gasteiger partial charge on any atom is -0.378 e. The zero-order chi connectivity index (χ0) is 14.5. The van der Waals surface area contributed by atoms with E-state index in [9.17, 15) is 0 Å². The first-order valence-corrected chi connectivity index (χ1v) is 9.20. The monoisotopic (exact) mass is 283 g/mol. The molecule has 1 rings (SSSR count). The fourth-order valence-corrected chi connectivity index (χ4v) is 3.13. The van der Waals surface area contributed by atoms with E-state index in [2.05, 4.69) is 6.92 Å². The summed E-state index contributed by atoms with van der Waals surface area (Å²) in [6.45, 7) is 3.25. The summed E-state index contributed by atoms with van der Waals surface area (Å²) in [6.07, 6.45) is 19.2. The lowest BCUT2D eigenvalue weighted by atomic mass is 10.0. The fourth-order valence-electron chi connectivity index (χ4n) is 3.13. The van der Waals surface area contributed by atoms with E-state index in [4.69, 9.17) is 10.5 Å². The Labute approximate surface area is 126 Å². The molecular weight excluding hydrogens is 246 g/mol. The van der Waals surface area contributed by atoms with Gasteiger partial charge in [0.05, 0.1) is 6.10 Å². The molecule has 0 radical (unpaired) electrons. The zero-order valence-corrected chi connectivity index (χ0v) is 13.7. The smallest absolute Gasteiger partial charge is 0.0576 e. The fraction of sp³-hybridized carbons (Fsp3) is 1.00. The SMILES string of the molecule is CCCCCCCCCCCC(N)CCC1CCCO1. The van der Waals surface area contributed by atoms with Crippen molar-refractivity contribution in [1.82, 2.24) is 0 Å². The van der Waals surface area contributed by atoms with Crippen LogP contribution in [0.5, 0.6) is 0 Å². The Morgan fingerprint density at radius 1 is 0.950 bits per heavy atom. The van der Waals surface area contributed by atoms with Crippen molar-refractivity contribution < 1.29 is 4.74 Å². The van der Waals surface area contributed by atoms with Crippen molar-refractivity contribution in [2.24, 2.45) is 5.73 Å². The first-order chi connectivity index (χ1) is 9.83. The van der Waals surface area contributed by atoms with Gasteiger partial charge in [-0.25, -0.2) is 0 Å². The first-order valence-electron chi connectivity index (χ1n) is 9.20. The Hall–Kier alpha value is -0.0800. The van der Waals surface area contributed by atoms with E-state index in [0.717, 1.165) is 13.0 Å². The van der Waals surface area contributed by atoms with Crippen LogP contribution in [-0.2, 0) is 4.74 Å². The molecule has 0 bridgehead atoms. The van der Waals surface area contributed by atoms with Gasteiger partial charge in [-0.2, -0.15) is 0 Å². The van der Waals surface area contributed by atoms with Gasteiger partial charge in [-0.05, 0) is 32.1 Å². The van der Waals surface area contributed by atoms with Crippen LogP contribution in [0.2, 0.25) is 0 Å². The highest BCUT2D eigenvalue weighted by molar-refractivity contribution is 4.69. The van der Waals surface area contributed by atoms with Gasteiger partial charge in [0.2, 0.25) is 0 Å². The third-order valence-electron chi connectivity index (χ3n) is 4.56. The Bertz CT molecular complexity index is 202. The third-order valence-corrected chi connectivity index (χ3v) is 4.56. The maximum atomic E-state index is 6.19. The number of rotatable bonds is 13. The third kappa shape index (κ3) is 9.77. The van der Waals surface area contributed by atoms with Gasteiger partial charge in [0, 0.05) is 12.6 Å². The van der Waals surface area contributed by atoms with Crippen molar-refractivity contribution in [3.8, 4) is 0 Å². The molecule has 120 valence electrons. The molecule has 1 fully saturated rings. The minimum absolute atomic E-state index is 0.406. The predicted octanol–water partition coefficient (Wildman–Crippen LogP) is 5.19. The Balaban J connectivity index is 1.78. The van der Waals surface area contributed by atoms with Gasteiger partial charge in [-0.1, -0.05) is 64.7 Å². The van der Waals surface area contributed by atoms with E-state index in [1.807, 2.05) is 0 Å². The Morgan fingerprint density at radius 2 is 1.60 bits per heavy atom. The van der Waals surface area contributed by atoms with Gasteiger partial charge in [-0.15, -0.1) is 0 Å². The predicted molar refractivity (Wildman–Crippen MR) is 88.0 cm³/mol. The second-order valence-corrected chi connectivity index (χ2v) is 6.59. The van der Waals surface area contributed by atoms with Crippen molar-refractivity contribution >= 4 is 0 Å². The molecule has 0 aromatic rings. The van der Waals surface area contributed by atoms with Crippen molar-refractivity contribution in [2.45, 2.75) is 109 Å². The van der Waals surface area contributed by atoms with Gasteiger partial charge in [0.15, 0.2) is 0 Å². The highest BCUT2D eigenvalue weighted by atomic mass is 16.5. The Morgan fingerprint density at radius 3 is 2.20 bits per heavy atom. The summed E-state index contributed by atoms with van der Waals surface area (Å²) < 4.78 is 5.65. The molecule has 1 aliphatic rings. The molecule has 0 aromatic heterocycles. The van der Waals surface area contributed by atoms with Crippen LogP contribution < -0.4 is 5.73 Å². The van der Waals surface area contributed by atoms with Crippen molar-refractivity contribution in [1.29, 1.82) is 0 Å². The van der Waals surface area contributed by atoms with Crippen LogP contribution in [0, 0.1) is 0 Å². The molecule has 0 aromatic carbocycles. The van der Waals surface area contributed by atoms with E-state index < -0.39 is 0 Å². The van der Waals surface area contributed by atoms with E-state index in [0.29, 0.717) is 12.1 Å². The topological polar surface area (TPSA) is 35.2 Å². The van der Waals surface area contributed by atoms with Crippen LogP contribution in [-0.4, -0.2) is 18.8 Å². The van der Waals surface area contributed by atoms with E-state index in [-0.39, 0.29) is 0 Å². The van der Waals surface area contributed by atoms with Gasteiger partial charge in [0.1, 0.15) is 0 Å². The lowest BCUT2D eigenvalue weighted by molar-refractivity contribution is 0.100. The second-order valence-electron chi connectivity index (χ2n) is 6.59. The molecule has 1 aliphatic heterocycles. The maximum absolute atomic E-state index is 6.19. The molecule has 1 heterocycles. The molecular formula is C18H37NO. The van der Waals surface area contributed by atoms with E-state index in [1.54, 1.807) is 0 Å². The quantitative estimate of drug-likeness (QED) is 0.472. The van der Waals surface area contributed by atoms with Crippen LogP contribution in [0.25, 0.3) is 0 Å². The molecule has 20 heavy (non-hydrogen) atoms. The average molecular weight is 284 g/mol. The summed E-state index contributed by atoms with van der Waals surface area (Å²) in [5.41, 5.74) is 6.19. The van der Waals surface area contributed by atoms with Crippen molar-refractivity contribution in [3.05, 3.63) is 0 Å². The number of hydrogen-bond acceptors (Lipinski definition) is 2. The van der Waals surface area contributed by atoms with Crippen LogP contribution in [0.1, 0.15) is 96.8 Å². The maximum Gasteiger partial charge on any atom is 0.0576 e. The summed E-state index contributed by atoms with van der Waals surface area (Å²) in [4.78, 5) is 0. The molecule has 2 nitrogen and oxygen atoms in total. The summed E-state index contributed by atoms with van der Waals surface area (Å²) in [6, 6.07) is 0.406. The van der Waals surface area contributed by atoms with E-state index in [1.165, 1.54) is 83.5 Å². The standard InChI is InChI=1S/C18H37NO/c1-2-3-4-5-6-7-8-9-10-12-17(19)14-15-18-13-11-16-20-18/h17-18H,2-16,19H2,1H3. The van der Waals surface area contributed by atoms with Crippen LogP contribution in [0.4, 0.5) is 0 Å². The summed E-state index contributed by atoms with van der Waals surface area (Å²) in [7, 11) is 0. The van der Waals surface area contributed by atoms with E-state index >= 15 is 0 Å². The normalized spacial score (nSPS) is 20.4. The lowest BCUT2D eigenvalue weighted by Gasteiger charge is -2.14. The number of unbranched alkanes of at least 4 members (excludes halogenated alkanes) is 8. The summed E-state index contributed by atoms with van der Waals surface area (Å²) >= 11 is 0. The van der Waals surface area contributed by atoms with Crippen LogP contribution in [0.15, 0.2) is 0 Å². The largest absolute Gasteiger partial charge is 0.378 e. The van der Waals surface area contributed by atoms with Crippen molar-refractivity contribution in [2.75, 3.05) is 6.61 Å². The van der Waals surface area contributed by atoms with Crippen LogP contribution >= 0.6 is 0 Å². The van der Waals surface area contributed by atoms with Crippen LogP contribution in [0.3, 0.4) is 0 Å². The first kappa shape index (κ1) is 18.0. The second kappa shape index (κ2) is 12.6. The number of hydrogen-bond donors (Lipinski definition) is 1. The van der Waals surface area contributed by atoms with Gasteiger partial charge < -0.3 is 10.5 Å². The Kier molecular flexibility index (Phi) is 11.4. The molecule has 2 unspecified atom stereocenters. The molecule has 0 aliphatic carbocycles. The van der Waals surface area contributed by atoms with Gasteiger partial charge in [-0.3, -0.25) is 0 Å². The van der Waals surface area contributed by atoms with Crippen molar-refractivity contribution in [3.63, 3.8) is 0 Å². The van der Waals surface area contributed by atoms with Gasteiger partial charge in [0.25, 0.3) is 0 Å². The lowest BCUT2D eigenvalue weighted by Crippen LogP contribution is -2.22. The highest BCUT2D eigenvalue weighted by Gasteiger charge is 2.16. The molecule has 0 amide bonds. The molecule has 2 atom stereocenters. The summed E-state index contributed by atoms with van der Waals surface area (Å²) in [5, 5.41) is 0. The summed E-state index contributed by atoms with van der Waals surface area (Å²) in [5.74, 6) is 0. The molecule has 0 spiro atoms. The average Bonchev–Trinajstić information content (AvgIpc) is 2.96. The zero-order valence-electron chi connectivity index (χ0n) is 13.7. The van der Waals surface area contributed by atoms with Gasteiger partial charge >= 0.3 is 0 Å². The number of nitrogens with two attached hydrogens (primary N) is 1.